The molecule has 0 spiro atoms. The topological polar surface area (TPSA) is 97.2 Å². The number of carbonyl (C=O) groups is 1. The summed E-state index contributed by atoms with van der Waals surface area (Å²) in [5.41, 5.74) is 2.38. The Morgan fingerprint density at radius 2 is 2.03 bits per heavy atom. The van der Waals surface area contributed by atoms with Crippen LogP contribution in [0.4, 0.5) is 4.39 Å². The van der Waals surface area contributed by atoms with E-state index in [1.807, 2.05) is 0 Å². The Labute approximate surface area is 197 Å². The van der Waals surface area contributed by atoms with Crippen LogP contribution in [0.2, 0.25) is 0 Å². The molecule has 0 fully saturated rings. The summed E-state index contributed by atoms with van der Waals surface area (Å²) in [7, 11) is -3.34. The van der Waals surface area contributed by atoms with Gasteiger partial charge in [-0.3, -0.25) is 14.1 Å². The van der Waals surface area contributed by atoms with Crippen molar-refractivity contribution in [3.63, 3.8) is 0 Å². The van der Waals surface area contributed by atoms with Gasteiger partial charge in [-0.2, -0.15) is 5.10 Å². The molecule has 176 valence electrons. The average Bonchev–Trinajstić information content (AvgIpc) is 3.28. The highest BCUT2D eigenvalue weighted by Crippen LogP contribution is 2.22. The number of aromatic nitrogens is 3. The number of nitrogens with one attached hydrogen (secondary N) is 1. The quantitative estimate of drug-likeness (QED) is 0.498. The Kier molecular flexibility index (Phi) is 6.60. The molecule has 0 unspecified atom stereocenters. The summed E-state index contributed by atoms with van der Waals surface area (Å²) >= 11 is 0. The van der Waals surface area contributed by atoms with Gasteiger partial charge in [0.2, 0.25) is 10.0 Å². The van der Waals surface area contributed by atoms with Crippen LogP contribution in [-0.4, -0.2) is 51.7 Å². The molecule has 0 aliphatic carbocycles. The number of rotatable bonds is 8. The van der Waals surface area contributed by atoms with E-state index in [9.17, 15) is 17.6 Å². The molecule has 2 aromatic heterocycles. The molecular weight excluding hydrogens is 457 g/mol. The zero-order chi connectivity index (χ0) is 24.3. The lowest BCUT2D eigenvalue weighted by atomic mass is 10.0. The fraction of sp³-hybridized carbons (Fsp3) is 0.208. The standard InChI is InChI=1S/C24H24FN5O3S/c1-3-5-22(17-10-12-29(13-11-17)34(32,33)4-2)28-24(31)21-14-26-16-23-20(21)15-27-30(23)19-8-6-18(25)7-9-19/h3,6-12,14-16,22H,1,4-5,13H2,2H3,(H,28,31)/t22-/m0/s1. The number of hydrogen-bond acceptors (Lipinski definition) is 5. The average molecular weight is 482 g/mol. The smallest absolute Gasteiger partial charge is 0.254 e. The van der Waals surface area contributed by atoms with Crippen LogP contribution in [0.3, 0.4) is 0 Å². The van der Waals surface area contributed by atoms with Gasteiger partial charge >= 0.3 is 0 Å². The van der Waals surface area contributed by atoms with Gasteiger partial charge in [0, 0.05) is 17.8 Å². The number of hydrogen-bond donors (Lipinski definition) is 1. The fourth-order valence-electron chi connectivity index (χ4n) is 3.72. The highest BCUT2D eigenvalue weighted by Gasteiger charge is 2.23. The van der Waals surface area contributed by atoms with Gasteiger partial charge in [-0.1, -0.05) is 12.2 Å². The molecule has 0 bridgehead atoms. The van der Waals surface area contributed by atoms with Crippen molar-refractivity contribution in [2.24, 2.45) is 0 Å². The second-order valence-electron chi connectivity index (χ2n) is 7.69. The first-order valence-corrected chi connectivity index (χ1v) is 12.3. The maximum absolute atomic E-state index is 13.3. The highest BCUT2D eigenvalue weighted by atomic mass is 32.2. The molecule has 4 rings (SSSR count). The second-order valence-corrected chi connectivity index (χ2v) is 9.90. The largest absolute Gasteiger partial charge is 0.345 e. The molecule has 3 aromatic rings. The first-order valence-electron chi connectivity index (χ1n) is 10.7. The molecule has 8 nitrogen and oxygen atoms in total. The molecule has 3 heterocycles. The van der Waals surface area contributed by atoms with Crippen LogP contribution >= 0.6 is 0 Å². The number of nitrogens with zero attached hydrogens (tertiary/aromatic N) is 4. The molecule has 0 saturated heterocycles. The van der Waals surface area contributed by atoms with Crippen molar-refractivity contribution < 1.29 is 17.6 Å². The molecule has 34 heavy (non-hydrogen) atoms. The first kappa shape index (κ1) is 23.4. The number of pyridine rings is 1. The van der Waals surface area contributed by atoms with Crippen molar-refractivity contribution in [1.82, 2.24) is 24.4 Å². The van der Waals surface area contributed by atoms with E-state index in [0.717, 1.165) is 5.57 Å². The molecule has 0 saturated carbocycles. The predicted molar refractivity (Wildman–Crippen MR) is 128 cm³/mol. The van der Waals surface area contributed by atoms with Crippen LogP contribution in [0, 0.1) is 5.82 Å². The van der Waals surface area contributed by atoms with Gasteiger partial charge in [0.05, 0.1) is 47.5 Å². The fourth-order valence-corrected chi connectivity index (χ4v) is 4.60. The zero-order valence-electron chi connectivity index (χ0n) is 18.6. The number of sulfonamides is 1. The van der Waals surface area contributed by atoms with Crippen molar-refractivity contribution in [2.75, 3.05) is 12.3 Å². The van der Waals surface area contributed by atoms with Crippen LogP contribution < -0.4 is 5.32 Å². The number of benzene rings is 1. The Bertz CT molecular complexity index is 1390. The van der Waals surface area contributed by atoms with Crippen molar-refractivity contribution in [3.8, 4) is 5.69 Å². The molecule has 1 atom stereocenters. The van der Waals surface area contributed by atoms with Crippen molar-refractivity contribution in [1.29, 1.82) is 0 Å². The summed E-state index contributed by atoms with van der Waals surface area (Å²) < 4.78 is 40.4. The third-order valence-electron chi connectivity index (χ3n) is 5.59. The number of amides is 1. The van der Waals surface area contributed by atoms with Gasteiger partial charge < -0.3 is 5.32 Å². The predicted octanol–water partition coefficient (Wildman–Crippen LogP) is 3.34. The summed E-state index contributed by atoms with van der Waals surface area (Å²) in [5.74, 6) is -0.690. The molecule has 10 heteroatoms. The maximum Gasteiger partial charge on any atom is 0.254 e. The Morgan fingerprint density at radius 1 is 1.26 bits per heavy atom. The van der Waals surface area contributed by atoms with E-state index in [4.69, 9.17) is 0 Å². The van der Waals surface area contributed by atoms with Crippen LogP contribution in [0.1, 0.15) is 23.7 Å². The monoisotopic (exact) mass is 481 g/mol. The van der Waals surface area contributed by atoms with Crippen molar-refractivity contribution in [3.05, 3.63) is 90.8 Å². The van der Waals surface area contributed by atoms with Crippen molar-refractivity contribution >= 4 is 26.8 Å². The normalized spacial score (nSPS) is 14.6. The van der Waals surface area contributed by atoms with Gasteiger partial charge in [0.15, 0.2) is 0 Å². The highest BCUT2D eigenvalue weighted by molar-refractivity contribution is 7.89. The lowest BCUT2D eigenvalue weighted by Crippen LogP contribution is -2.37. The number of fused-ring (bicyclic) bond motifs is 1. The van der Waals surface area contributed by atoms with Gasteiger partial charge in [-0.25, -0.2) is 17.5 Å². The SMILES string of the molecule is C=CC[C@H](NC(=O)c1cncc2c1cnn2-c1ccc(F)cc1)C1=CCN(S(=O)(=O)CC)C=C1. The van der Waals surface area contributed by atoms with E-state index in [-0.39, 0.29) is 24.0 Å². The summed E-state index contributed by atoms with van der Waals surface area (Å²) in [6, 6.07) is 5.47. The number of halogens is 1. The summed E-state index contributed by atoms with van der Waals surface area (Å²) in [4.78, 5) is 17.4. The number of carbonyl (C=O) groups excluding carboxylic acids is 1. The maximum atomic E-state index is 13.3. The van der Waals surface area contributed by atoms with E-state index in [0.29, 0.717) is 28.6 Å². The summed E-state index contributed by atoms with van der Waals surface area (Å²) in [6.45, 7) is 5.57. The Hall–Kier alpha value is -3.79. The second kappa shape index (κ2) is 9.60. The Morgan fingerprint density at radius 3 is 2.68 bits per heavy atom. The third-order valence-corrected chi connectivity index (χ3v) is 7.30. The van der Waals surface area contributed by atoms with E-state index < -0.39 is 16.1 Å². The molecule has 1 aliphatic rings. The molecule has 1 amide bonds. The summed E-state index contributed by atoms with van der Waals surface area (Å²) in [6.07, 6.45) is 11.8. The van der Waals surface area contributed by atoms with Gasteiger partial charge in [-0.05, 0) is 49.3 Å². The minimum atomic E-state index is -3.34. The lowest BCUT2D eigenvalue weighted by molar-refractivity contribution is 0.0944. The van der Waals surface area contributed by atoms with Crippen LogP contribution in [0.25, 0.3) is 16.6 Å². The van der Waals surface area contributed by atoms with Crippen LogP contribution in [-0.2, 0) is 10.0 Å². The molecule has 1 aromatic carbocycles. The minimum absolute atomic E-state index is 0.00987. The van der Waals surface area contributed by atoms with Gasteiger partial charge in [0.25, 0.3) is 5.91 Å². The van der Waals surface area contributed by atoms with E-state index >= 15 is 0 Å². The van der Waals surface area contributed by atoms with Crippen molar-refractivity contribution in [2.45, 2.75) is 19.4 Å². The van der Waals surface area contributed by atoms with Crippen LogP contribution in [0.5, 0.6) is 0 Å². The minimum Gasteiger partial charge on any atom is -0.345 e. The van der Waals surface area contributed by atoms with Gasteiger partial charge in [-0.15, -0.1) is 6.58 Å². The molecule has 1 aliphatic heterocycles. The molecular formula is C24H24FN5O3S. The zero-order valence-corrected chi connectivity index (χ0v) is 19.4. The van der Waals surface area contributed by atoms with E-state index in [1.165, 1.54) is 28.8 Å². The van der Waals surface area contributed by atoms with Gasteiger partial charge in [0.1, 0.15) is 5.82 Å². The van der Waals surface area contributed by atoms with E-state index in [2.05, 4.69) is 22.0 Å². The van der Waals surface area contributed by atoms with Crippen LogP contribution in [0.15, 0.2) is 79.4 Å². The third kappa shape index (κ3) is 4.62. The van der Waals surface area contributed by atoms with E-state index in [1.54, 1.807) is 54.4 Å². The molecule has 0 radical (unpaired) electrons. The Balaban J connectivity index is 1.59. The lowest BCUT2D eigenvalue weighted by Gasteiger charge is -2.25. The summed E-state index contributed by atoms with van der Waals surface area (Å²) in [5, 5.41) is 7.95. The molecule has 1 N–H and O–H groups in total. The first-order chi connectivity index (χ1) is 16.3.